The molecular formula is C17H19F3N6O2S. The number of fused-ring (bicyclic) bond motifs is 1. The number of amides is 2. The largest absolute Gasteiger partial charge is 0.409 e. The molecule has 1 aromatic heterocycles. The van der Waals surface area contributed by atoms with Crippen molar-refractivity contribution in [3.8, 4) is 0 Å². The third-order valence-corrected chi connectivity index (χ3v) is 5.08. The molecule has 1 aliphatic rings. The first-order valence-electron chi connectivity index (χ1n) is 8.68. The van der Waals surface area contributed by atoms with Crippen LogP contribution in [0.1, 0.15) is 27.2 Å². The summed E-state index contributed by atoms with van der Waals surface area (Å²) in [6.45, 7) is 5.58. The van der Waals surface area contributed by atoms with Gasteiger partial charge in [-0.1, -0.05) is 23.9 Å². The van der Waals surface area contributed by atoms with Crippen molar-refractivity contribution in [2.45, 2.75) is 50.1 Å². The molecule has 0 saturated carbocycles. The van der Waals surface area contributed by atoms with Gasteiger partial charge in [-0.15, -0.1) is 5.10 Å². The Hall–Kier alpha value is -2.63. The van der Waals surface area contributed by atoms with Crippen LogP contribution in [0.15, 0.2) is 29.4 Å². The molecule has 0 radical (unpaired) electrons. The lowest BCUT2D eigenvalue weighted by atomic mass is 10.1. The van der Waals surface area contributed by atoms with Gasteiger partial charge in [-0.2, -0.15) is 13.2 Å². The fraction of sp³-hybridized carbons (Fsp3) is 0.471. The van der Waals surface area contributed by atoms with E-state index >= 15 is 0 Å². The molecule has 0 aliphatic carbocycles. The minimum Gasteiger partial charge on any atom is -0.324 e. The average Bonchev–Trinajstić information content (AvgIpc) is 3.03. The molecule has 0 fully saturated rings. The van der Waals surface area contributed by atoms with Crippen LogP contribution in [0, 0.1) is 0 Å². The zero-order valence-electron chi connectivity index (χ0n) is 15.9. The molecule has 1 atom stereocenters. The van der Waals surface area contributed by atoms with Crippen molar-refractivity contribution in [2.24, 2.45) is 0 Å². The van der Waals surface area contributed by atoms with Crippen LogP contribution in [0.5, 0.6) is 0 Å². The van der Waals surface area contributed by atoms with Crippen molar-refractivity contribution in [2.75, 3.05) is 16.0 Å². The number of alkyl halides is 3. The number of anilines is 2. The highest BCUT2D eigenvalue weighted by Crippen LogP contribution is 2.38. The molecule has 2 heterocycles. The van der Waals surface area contributed by atoms with Gasteiger partial charge in [0.2, 0.25) is 17.0 Å². The average molecular weight is 428 g/mol. The summed E-state index contributed by atoms with van der Waals surface area (Å²) in [7, 11) is 0. The van der Waals surface area contributed by atoms with Crippen LogP contribution in [-0.2, 0) is 15.1 Å². The number of hydrogen-bond acceptors (Lipinski definition) is 6. The van der Waals surface area contributed by atoms with Crippen molar-refractivity contribution in [1.82, 2.24) is 20.2 Å². The summed E-state index contributed by atoms with van der Waals surface area (Å²) in [5.41, 5.74) is -0.307. The molecule has 29 heavy (non-hydrogen) atoms. The molecule has 1 N–H and O–H groups in total. The molecule has 2 amide bonds. The Morgan fingerprint density at radius 3 is 2.62 bits per heavy atom. The second-order valence-corrected chi connectivity index (χ2v) is 8.37. The Balaban J connectivity index is 1.92. The highest BCUT2D eigenvalue weighted by molar-refractivity contribution is 7.99. The van der Waals surface area contributed by atoms with Crippen LogP contribution < -0.4 is 10.2 Å². The summed E-state index contributed by atoms with van der Waals surface area (Å²) in [5, 5.41) is 14.0. The predicted molar refractivity (Wildman–Crippen MR) is 101 cm³/mol. The number of para-hydroxylation sites is 2. The fourth-order valence-electron chi connectivity index (χ4n) is 2.88. The number of nitrogens with one attached hydrogen (secondary N) is 1. The molecule has 1 unspecified atom stereocenters. The number of carbonyl (C=O) groups is 2. The van der Waals surface area contributed by atoms with Crippen LogP contribution >= 0.6 is 11.8 Å². The molecule has 0 bridgehead atoms. The van der Waals surface area contributed by atoms with E-state index in [0.717, 1.165) is 11.8 Å². The van der Waals surface area contributed by atoms with Crippen molar-refractivity contribution in [3.63, 3.8) is 0 Å². The third kappa shape index (κ3) is 4.52. The molecule has 2 aromatic rings. The lowest BCUT2D eigenvalue weighted by Gasteiger charge is -2.31. The van der Waals surface area contributed by atoms with Gasteiger partial charge in [-0.3, -0.25) is 14.5 Å². The summed E-state index contributed by atoms with van der Waals surface area (Å²) >= 11 is 0.940. The third-order valence-electron chi connectivity index (χ3n) is 4.18. The number of thioether (sulfide) groups is 1. The lowest BCUT2D eigenvalue weighted by Crippen LogP contribution is -2.50. The van der Waals surface area contributed by atoms with Crippen LogP contribution in [-0.4, -0.2) is 50.0 Å². The van der Waals surface area contributed by atoms with Crippen LogP contribution in [0.25, 0.3) is 0 Å². The molecule has 3 rings (SSSR count). The molecule has 1 aromatic carbocycles. The summed E-state index contributed by atoms with van der Waals surface area (Å²) < 4.78 is 42.6. The highest BCUT2D eigenvalue weighted by Gasteiger charge is 2.49. The van der Waals surface area contributed by atoms with Gasteiger partial charge < -0.3 is 5.32 Å². The Bertz CT molecular complexity index is 924. The van der Waals surface area contributed by atoms with Gasteiger partial charge in [0.05, 0.1) is 29.1 Å². The first-order valence-corrected chi connectivity index (χ1v) is 9.66. The van der Waals surface area contributed by atoms with E-state index in [1.54, 1.807) is 6.07 Å². The zero-order chi connectivity index (χ0) is 21.4. The topological polar surface area (TPSA) is 93.0 Å². The smallest absolute Gasteiger partial charge is 0.324 e. The molecule has 1 aliphatic heterocycles. The Kier molecular flexibility index (Phi) is 5.57. The number of rotatable bonds is 3. The fourth-order valence-corrected chi connectivity index (χ4v) is 3.80. The number of halogens is 3. The van der Waals surface area contributed by atoms with E-state index in [1.807, 2.05) is 20.8 Å². The van der Waals surface area contributed by atoms with E-state index in [2.05, 4.69) is 20.8 Å². The van der Waals surface area contributed by atoms with E-state index in [9.17, 15) is 22.8 Å². The summed E-state index contributed by atoms with van der Waals surface area (Å²) in [6, 6.07) is 3.65. The summed E-state index contributed by atoms with van der Waals surface area (Å²) in [5.74, 6) is -1.94. The van der Waals surface area contributed by atoms with E-state index in [0.29, 0.717) is 10.1 Å². The minimum absolute atomic E-state index is 0.00156. The van der Waals surface area contributed by atoms with Crippen LogP contribution in [0.4, 0.5) is 24.5 Å². The summed E-state index contributed by atoms with van der Waals surface area (Å²) in [4.78, 5) is 25.6. The van der Waals surface area contributed by atoms with Gasteiger partial charge in [-0.05, 0) is 43.3 Å². The van der Waals surface area contributed by atoms with E-state index in [4.69, 9.17) is 0 Å². The Labute approximate surface area is 168 Å². The quantitative estimate of drug-likeness (QED) is 0.756. The SMILES string of the molecule is CC(C)(C)n1nnnc1SCC(=O)N1c2ccccc2NC(=O)CC1C(F)(F)F. The molecule has 12 heteroatoms. The normalized spacial score (nSPS) is 17.5. The van der Waals surface area contributed by atoms with Crippen molar-refractivity contribution in [1.29, 1.82) is 0 Å². The number of tetrazole rings is 1. The molecular weight excluding hydrogens is 409 g/mol. The van der Waals surface area contributed by atoms with Crippen molar-refractivity contribution in [3.05, 3.63) is 24.3 Å². The second-order valence-electron chi connectivity index (χ2n) is 7.42. The van der Waals surface area contributed by atoms with Gasteiger partial charge in [-0.25, -0.2) is 4.68 Å². The highest BCUT2D eigenvalue weighted by atomic mass is 32.2. The van der Waals surface area contributed by atoms with Crippen LogP contribution in [0.3, 0.4) is 0 Å². The van der Waals surface area contributed by atoms with Gasteiger partial charge in [0.15, 0.2) is 0 Å². The first kappa shape index (κ1) is 21.1. The van der Waals surface area contributed by atoms with E-state index in [1.165, 1.54) is 22.9 Å². The van der Waals surface area contributed by atoms with E-state index < -0.39 is 36.0 Å². The standard InChI is InChI=1S/C17H19F3N6O2S/c1-16(2,3)26-15(22-23-24-26)29-9-14(28)25-11-7-5-4-6-10(11)21-13(27)8-12(25)17(18,19)20/h4-7,12H,8-9H2,1-3H3,(H,21,27). The molecule has 0 spiro atoms. The van der Waals surface area contributed by atoms with Gasteiger partial charge >= 0.3 is 6.18 Å². The minimum atomic E-state index is -4.78. The number of aromatic nitrogens is 4. The lowest BCUT2D eigenvalue weighted by molar-refractivity contribution is -0.157. The van der Waals surface area contributed by atoms with Gasteiger partial charge in [0.1, 0.15) is 6.04 Å². The Morgan fingerprint density at radius 1 is 1.28 bits per heavy atom. The zero-order valence-corrected chi connectivity index (χ0v) is 16.7. The number of carbonyl (C=O) groups excluding carboxylic acids is 2. The Morgan fingerprint density at radius 2 is 1.97 bits per heavy atom. The van der Waals surface area contributed by atoms with Crippen molar-refractivity contribution < 1.29 is 22.8 Å². The number of hydrogen-bond donors (Lipinski definition) is 1. The number of nitrogens with zero attached hydrogens (tertiary/aromatic N) is 5. The maximum atomic E-state index is 13.7. The molecule has 8 nitrogen and oxygen atoms in total. The van der Waals surface area contributed by atoms with Crippen molar-refractivity contribution >= 4 is 35.0 Å². The van der Waals surface area contributed by atoms with E-state index in [-0.39, 0.29) is 17.1 Å². The first-order chi connectivity index (χ1) is 13.5. The molecule has 156 valence electrons. The maximum Gasteiger partial charge on any atom is 0.409 e. The summed E-state index contributed by atoms with van der Waals surface area (Å²) in [6.07, 6.45) is -5.66. The predicted octanol–water partition coefficient (Wildman–Crippen LogP) is 2.83. The van der Waals surface area contributed by atoms with Crippen LogP contribution in [0.2, 0.25) is 0 Å². The number of benzene rings is 1. The van der Waals surface area contributed by atoms with Gasteiger partial charge in [0, 0.05) is 0 Å². The maximum absolute atomic E-state index is 13.7. The van der Waals surface area contributed by atoms with Gasteiger partial charge in [0.25, 0.3) is 0 Å². The molecule has 0 saturated heterocycles. The second kappa shape index (κ2) is 7.65. The monoisotopic (exact) mass is 428 g/mol.